The predicted octanol–water partition coefficient (Wildman–Crippen LogP) is 6.14. The lowest BCUT2D eigenvalue weighted by Gasteiger charge is -2.16. The average Bonchev–Trinajstić information content (AvgIpc) is 2.81. The van der Waals surface area contributed by atoms with Crippen molar-refractivity contribution in [3.63, 3.8) is 0 Å². The Morgan fingerprint density at radius 2 is 1.47 bits per heavy atom. The van der Waals surface area contributed by atoms with Gasteiger partial charge in [-0.1, -0.05) is 29.8 Å². The van der Waals surface area contributed by atoms with Crippen molar-refractivity contribution < 1.29 is 9.84 Å². The molecule has 0 atom stereocenters. The van der Waals surface area contributed by atoms with Gasteiger partial charge in [-0.05, 0) is 72.9 Å². The smallest absolute Gasteiger partial charge is 0.290 e. The molecule has 4 rings (SSSR count). The van der Waals surface area contributed by atoms with Crippen molar-refractivity contribution in [2.45, 2.75) is 0 Å². The molecule has 0 aliphatic rings. The van der Waals surface area contributed by atoms with E-state index in [1.54, 1.807) is 79.9 Å². The maximum absolute atomic E-state index is 13.3. The van der Waals surface area contributed by atoms with Gasteiger partial charge in [0.2, 0.25) is 11.6 Å². The first kappa shape index (κ1) is 21.5. The van der Waals surface area contributed by atoms with Gasteiger partial charge in [0, 0.05) is 5.02 Å². The van der Waals surface area contributed by atoms with Crippen LogP contribution in [0.25, 0.3) is 11.4 Å². The number of azo groups is 1. The molecular weight excluding hydrogens is 448 g/mol. The van der Waals surface area contributed by atoms with E-state index in [4.69, 9.17) is 28.6 Å². The monoisotopic (exact) mass is 464 g/mol. The second kappa shape index (κ2) is 9.17. The second-order valence-electron chi connectivity index (χ2n) is 6.64. The molecule has 0 aliphatic heterocycles. The number of aromatic hydroxyl groups is 1. The maximum Gasteiger partial charge on any atom is 0.290 e. The highest BCUT2D eigenvalue weighted by Gasteiger charge is 2.19. The lowest BCUT2D eigenvalue weighted by atomic mass is 10.3. The highest BCUT2D eigenvalue weighted by atomic mass is 35.5. The highest BCUT2D eigenvalue weighted by molar-refractivity contribution is 7.71. The fraction of sp³-hybridized carbons (Fsp3) is 0.0435. The van der Waals surface area contributed by atoms with Crippen molar-refractivity contribution in [2.75, 3.05) is 7.11 Å². The number of methoxy groups -OCH3 is 1. The van der Waals surface area contributed by atoms with E-state index in [1.165, 1.54) is 9.13 Å². The second-order valence-corrected chi connectivity index (χ2v) is 7.44. The summed E-state index contributed by atoms with van der Waals surface area (Å²) < 4.78 is 7.87. The van der Waals surface area contributed by atoms with Crippen LogP contribution in [-0.2, 0) is 0 Å². The van der Waals surface area contributed by atoms with Crippen LogP contribution in [0.4, 0.5) is 11.4 Å². The Morgan fingerprint density at radius 1 is 0.875 bits per heavy atom. The fourth-order valence-corrected chi connectivity index (χ4v) is 3.56. The summed E-state index contributed by atoms with van der Waals surface area (Å²) in [5.41, 5.74) is 0.661. The summed E-state index contributed by atoms with van der Waals surface area (Å²) in [7, 11) is 1.55. The Kier molecular flexibility index (Phi) is 6.16. The lowest BCUT2D eigenvalue weighted by Crippen LogP contribution is -2.23. The Hall–Kier alpha value is -3.75. The van der Waals surface area contributed by atoms with Crippen LogP contribution >= 0.6 is 23.8 Å². The molecule has 0 saturated carbocycles. The number of nitrogens with zero attached hydrogens (tertiary/aromatic N) is 4. The van der Waals surface area contributed by atoms with Crippen molar-refractivity contribution >= 4 is 35.2 Å². The normalized spacial score (nSPS) is 11.1. The van der Waals surface area contributed by atoms with Gasteiger partial charge in [0.15, 0.2) is 4.77 Å². The molecule has 0 spiro atoms. The van der Waals surface area contributed by atoms with Gasteiger partial charge in [-0.2, -0.15) is 5.11 Å². The minimum absolute atomic E-state index is 0.0543. The number of benzene rings is 3. The maximum atomic E-state index is 13.3. The molecule has 3 aromatic carbocycles. The number of hydrogen-bond acceptors (Lipinski definition) is 6. The number of aromatic nitrogens is 2. The van der Waals surface area contributed by atoms with E-state index in [9.17, 15) is 9.90 Å². The number of halogens is 1. The SMILES string of the molecule is COc1ccc(-n2c(=O)c(N=Nc3ccccc3)c(O)n(-c3ccc(Cl)cc3)c2=S)cc1. The van der Waals surface area contributed by atoms with Gasteiger partial charge in [0.05, 0.1) is 24.2 Å². The summed E-state index contributed by atoms with van der Waals surface area (Å²) in [6.07, 6.45) is 0. The fourth-order valence-electron chi connectivity index (χ4n) is 3.06. The Morgan fingerprint density at radius 3 is 2.09 bits per heavy atom. The molecule has 0 bridgehead atoms. The summed E-state index contributed by atoms with van der Waals surface area (Å²) in [5.74, 6) is 0.202. The van der Waals surface area contributed by atoms with Gasteiger partial charge in [0.25, 0.3) is 5.56 Å². The molecule has 0 unspecified atom stereocenters. The molecular formula is C23H17ClN4O3S. The van der Waals surface area contributed by atoms with Crippen LogP contribution in [0.2, 0.25) is 5.02 Å². The van der Waals surface area contributed by atoms with Crippen molar-refractivity contribution in [2.24, 2.45) is 10.2 Å². The molecule has 7 nitrogen and oxygen atoms in total. The Balaban J connectivity index is 1.99. The first-order valence-electron chi connectivity index (χ1n) is 9.48. The number of hydrogen-bond donors (Lipinski definition) is 1. The number of rotatable bonds is 5. The van der Waals surface area contributed by atoms with E-state index in [0.717, 1.165) is 0 Å². The Labute approximate surface area is 193 Å². The van der Waals surface area contributed by atoms with E-state index in [1.807, 2.05) is 6.07 Å². The first-order chi connectivity index (χ1) is 15.5. The minimum Gasteiger partial charge on any atom is -0.497 e. The van der Waals surface area contributed by atoms with Crippen LogP contribution in [0.15, 0.2) is 93.9 Å². The van der Waals surface area contributed by atoms with E-state index in [2.05, 4.69) is 10.2 Å². The molecule has 1 N–H and O–H groups in total. The van der Waals surface area contributed by atoms with E-state index in [-0.39, 0.29) is 10.5 Å². The lowest BCUT2D eigenvalue weighted by molar-refractivity contribution is 0.414. The zero-order valence-electron chi connectivity index (χ0n) is 16.8. The minimum atomic E-state index is -0.609. The van der Waals surface area contributed by atoms with E-state index >= 15 is 0 Å². The average molecular weight is 465 g/mol. The molecule has 4 aromatic rings. The molecule has 0 fully saturated rings. The van der Waals surface area contributed by atoms with Crippen LogP contribution in [0.3, 0.4) is 0 Å². The van der Waals surface area contributed by atoms with E-state index in [0.29, 0.717) is 27.8 Å². The van der Waals surface area contributed by atoms with Gasteiger partial charge in [-0.25, -0.2) is 0 Å². The third kappa shape index (κ3) is 4.18. The molecule has 0 saturated heterocycles. The van der Waals surface area contributed by atoms with Crippen molar-refractivity contribution in [1.29, 1.82) is 0 Å². The molecule has 1 aromatic heterocycles. The van der Waals surface area contributed by atoms with Gasteiger partial charge < -0.3 is 9.84 Å². The molecule has 0 amide bonds. The standard InChI is InChI=1S/C23H17ClN4O3S/c1-31-19-13-11-18(12-14-19)28-22(30)20(26-25-16-5-3-2-4-6-16)21(29)27(23(28)32)17-9-7-15(24)8-10-17/h2-14,29H,1H3. The Bertz CT molecular complexity index is 1400. The summed E-state index contributed by atoms with van der Waals surface area (Å²) >= 11 is 11.6. The molecule has 0 radical (unpaired) electrons. The van der Waals surface area contributed by atoms with Gasteiger partial charge in [-0.15, -0.1) is 5.11 Å². The van der Waals surface area contributed by atoms with Crippen molar-refractivity contribution in [3.8, 4) is 23.0 Å². The van der Waals surface area contributed by atoms with Crippen LogP contribution in [0.5, 0.6) is 11.6 Å². The van der Waals surface area contributed by atoms with Crippen LogP contribution in [0.1, 0.15) is 0 Å². The largest absolute Gasteiger partial charge is 0.497 e. The third-order valence-electron chi connectivity index (χ3n) is 4.65. The zero-order chi connectivity index (χ0) is 22.7. The molecule has 160 valence electrons. The first-order valence-corrected chi connectivity index (χ1v) is 10.3. The predicted molar refractivity (Wildman–Crippen MR) is 126 cm³/mol. The topological polar surface area (TPSA) is 81.1 Å². The van der Waals surface area contributed by atoms with Gasteiger partial charge >= 0.3 is 0 Å². The summed E-state index contributed by atoms with van der Waals surface area (Å²) in [4.78, 5) is 13.3. The van der Waals surface area contributed by atoms with Crippen LogP contribution < -0.4 is 10.3 Å². The zero-order valence-corrected chi connectivity index (χ0v) is 18.4. The molecule has 1 heterocycles. The van der Waals surface area contributed by atoms with Gasteiger partial charge in [0.1, 0.15) is 5.75 Å². The summed E-state index contributed by atoms with van der Waals surface area (Å²) in [6.45, 7) is 0. The van der Waals surface area contributed by atoms with Gasteiger partial charge in [-0.3, -0.25) is 13.9 Å². The van der Waals surface area contributed by atoms with E-state index < -0.39 is 11.4 Å². The van der Waals surface area contributed by atoms with Crippen LogP contribution in [0, 0.1) is 4.77 Å². The highest BCUT2D eigenvalue weighted by Crippen LogP contribution is 2.29. The summed E-state index contributed by atoms with van der Waals surface area (Å²) in [5, 5.41) is 19.7. The third-order valence-corrected chi connectivity index (χ3v) is 5.27. The quantitative estimate of drug-likeness (QED) is 0.284. The molecule has 0 aliphatic carbocycles. The molecule has 32 heavy (non-hydrogen) atoms. The summed E-state index contributed by atoms with van der Waals surface area (Å²) in [6, 6.07) is 22.4. The van der Waals surface area contributed by atoms with Crippen molar-refractivity contribution in [3.05, 3.63) is 99.0 Å². The van der Waals surface area contributed by atoms with Crippen molar-refractivity contribution in [1.82, 2.24) is 9.13 Å². The van der Waals surface area contributed by atoms with Crippen LogP contribution in [-0.4, -0.2) is 21.4 Å². The molecule has 9 heteroatoms. The number of ether oxygens (including phenoxy) is 1.